The lowest BCUT2D eigenvalue weighted by Gasteiger charge is -2.34. The van der Waals surface area contributed by atoms with Gasteiger partial charge in [0.1, 0.15) is 11.6 Å². The first-order valence-corrected chi connectivity index (χ1v) is 10.7. The van der Waals surface area contributed by atoms with Crippen LogP contribution in [-0.4, -0.2) is 54.6 Å². The van der Waals surface area contributed by atoms with Gasteiger partial charge in [-0.3, -0.25) is 4.79 Å². The van der Waals surface area contributed by atoms with Gasteiger partial charge in [0.2, 0.25) is 0 Å². The van der Waals surface area contributed by atoms with E-state index in [1.165, 1.54) is 6.07 Å². The van der Waals surface area contributed by atoms with Crippen molar-refractivity contribution in [3.8, 4) is 11.3 Å². The third-order valence-electron chi connectivity index (χ3n) is 5.80. The number of imidazole rings is 1. The molecule has 1 saturated heterocycles. The standard InChI is InChI=1S/C23H28FN7O/c1-30(2)20-12-16(6-9-26-20)19-14-27-22(28-19)23(32)29-18-5-3-4-17(24)21(18)31-10-7-15(13-25)8-11-31/h3-6,9,12,14-15H,7-8,10-11,13,25H2,1-2H3,(H,27,28)(H,29,32). The molecule has 0 atom stereocenters. The maximum atomic E-state index is 14.7. The number of hydrogen-bond acceptors (Lipinski definition) is 6. The number of aromatic nitrogens is 3. The van der Waals surface area contributed by atoms with Gasteiger partial charge < -0.3 is 25.8 Å². The number of aromatic amines is 1. The molecule has 0 unspecified atom stereocenters. The predicted octanol–water partition coefficient (Wildman–Crippen LogP) is 3.10. The number of para-hydroxylation sites is 1. The largest absolute Gasteiger partial charge is 0.367 e. The zero-order chi connectivity index (χ0) is 22.7. The van der Waals surface area contributed by atoms with Crippen molar-refractivity contribution in [1.82, 2.24) is 15.0 Å². The summed E-state index contributed by atoms with van der Waals surface area (Å²) in [6, 6.07) is 8.47. The van der Waals surface area contributed by atoms with E-state index in [1.807, 2.05) is 36.0 Å². The molecular formula is C23H28FN7O. The van der Waals surface area contributed by atoms with E-state index in [1.54, 1.807) is 24.5 Å². The predicted molar refractivity (Wildman–Crippen MR) is 124 cm³/mol. The first kappa shape index (κ1) is 21.8. The highest BCUT2D eigenvalue weighted by Gasteiger charge is 2.24. The number of benzene rings is 1. The number of nitrogens with two attached hydrogens (primary N) is 1. The van der Waals surface area contributed by atoms with Gasteiger partial charge in [-0.25, -0.2) is 14.4 Å². The van der Waals surface area contributed by atoms with E-state index in [0.29, 0.717) is 42.6 Å². The normalized spacial score (nSPS) is 14.4. The Balaban J connectivity index is 1.53. The number of anilines is 3. The molecule has 0 saturated carbocycles. The van der Waals surface area contributed by atoms with Gasteiger partial charge in [-0.1, -0.05) is 6.07 Å². The zero-order valence-corrected chi connectivity index (χ0v) is 18.3. The number of rotatable bonds is 6. The molecule has 168 valence electrons. The molecule has 0 bridgehead atoms. The second-order valence-corrected chi connectivity index (χ2v) is 8.20. The van der Waals surface area contributed by atoms with Crippen LogP contribution in [0.3, 0.4) is 0 Å². The van der Waals surface area contributed by atoms with Crippen LogP contribution in [0.5, 0.6) is 0 Å². The molecule has 2 aromatic heterocycles. The summed E-state index contributed by atoms with van der Waals surface area (Å²) in [6.45, 7) is 2.04. The fourth-order valence-electron chi connectivity index (χ4n) is 3.93. The minimum atomic E-state index is -0.429. The van der Waals surface area contributed by atoms with Gasteiger partial charge >= 0.3 is 0 Å². The summed E-state index contributed by atoms with van der Waals surface area (Å²) in [5.41, 5.74) is 8.18. The van der Waals surface area contributed by atoms with Gasteiger partial charge in [-0.05, 0) is 49.6 Å². The van der Waals surface area contributed by atoms with E-state index in [9.17, 15) is 9.18 Å². The van der Waals surface area contributed by atoms with Crippen LogP contribution in [0.4, 0.5) is 21.6 Å². The summed E-state index contributed by atoms with van der Waals surface area (Å²) in [6.07, 6.45) is 5.12. The van der Waals surface area contributed by atoms with Crippen LogP contribution < -0.4 is 20.9 Å². The fourth-order valence-corrected chi connectivity index (χ4v) is 3.93. The van der Waals surface area contributed by atoms with Gasteiger partial charge in [-0.2, -0.15) is 0 Å². The van der Waals surface area contributed by atoms with Crippen LogP contribution in [0, 0.1) is 11.7 Å². The lowest BCUT2D eigenvalue weighted by atomic mass is 9.96. The molecule has 0 radical (unpaired) electrons. The van der Waals surface area contributed by atoms with Crippen molar-refractivity contribution in [2.24, 2.45) is 11.7 Å². The van der Waals surface area contributed by atoms with E-state index in [4.69, 9.17) is 5.73 Å². The van der Waals surface area contributed by atoms with Gasteiger partial charge in [0, 0.05) is 38.9 Å². The van der Waals surface area contributed by atoms with Crippen molar-refractivity contribution in [2.75, 3.05) is 48.8 Å². The highest BCUT2D eigenvalue weighted by molar-refractivity contribution is 6.04. The minimum absolute atomic E-state index is 0.153. The molecule has 32 heavy (non-hydrogen) atoms. The van der Waals surface area contributed by atoms with Gasteiger partial charge in [0.25, 0.3) is 5.91 Å². The Bertz CT molecular complexity index is 1090. The van der Waals surface area contributed by atoms with E-state index in [0.717, 1.165) is 24.2 Å². The first-order chi connectivity index (χ1) is 15.5. The van der Waals surface area contributed by atoms with Crippen LogP contribution in [0.15, 0.2) is 42.7 Å². The summed E-state index contributed by atoms with van der Waals surface area (Å²) in [5, 5.41) is 2.82. The number of piperidine rings is 1. The van der Waals surface area contributed by atoms with Crippen molar-refractivity contribution in [2.45, 2.75) is 12.8 Å². The molecule has 1 fully saturated rings. The summed E-state index contributed by atoms with van der Waals surface area (Å²) < 4.78 is 14.7. The molecule has 9 heteroatoms. The molecule has 0 spiro atoms. The van der Waals surface area contributed by atoms with Crippen LogP contribution in [-0.2, 0) is 0 Å². The number of nitrogens with zero attached hydrogens (tertiary/aromatic N) is 4. The van der Waals surface area contributed by atoms with E-state index >= 15 is 0 Å². The molecule has 4 rings (SSSR count). The Morgan fingerprint density at radius 2 is 2.06 bits per heavy atom. The van der Waals surface area contributed by atoms with Crippen molar-refractivity contribution in [1.29, 1.82) is 0 Å². The number of pyridine rings is 1. The second-order valence-electron chi connectivity index (χ2n) is 8.20. The van der Waals surface area contributed by atoms with E-state index in [2.05, 4.69) is 20.3 Å². The quantitative estimate of drug-likeness (QED) is 0.548. The first-order valence-electron chi connectivity index (χ1n) is 10.7. The summed E-state index contributed by atoms with van der Waals surface area (Å²) in [7, 11) is 3.82. The molecule has 3 aromatic rings. The highest BCUT2D eigenvalue weighted by Crippen LogP contribution is 2.32. The maximum Gasteiger partial charge on any atom is 0.291 e. The van der Waals surface area contributed by atoms with Crippen molar-refractivity contribution in [3.63, 3.8) is 0 Å². The van der Waals surface area contributed by atoms with Crippen LogP contribution in [0.2, 0.25) is 0 Å². The monoisotopic (exact) mass is 437 g/mol. The topological polar surface area (TPSA) is 103 Å². The number of amides is 1. The SMILES string of the molecule is CN(C)c1cc(-c2cnc(C(=O)Nc3cccc(F)c3N3CCC(CN)CC3)[nH]2)ccn1. The summed E-state index contributed by atoms with van der Waals surface area (Å²) >= 11 is 0. The zero-order valence-electron chi connectivity index (χ0n) is 18.3. The number of H-pyrrole nitrogens is 1. The number of nitrogens with one attached hydrogen (secondary N) is 2. The Kier molecular flexibility index (Phi) is 6.36. The average Bonchev–Trinajstić information content (AvgIpc) is 3.30. The van der Waals surface area contributed by atoms with Crippen molar-refractivity contribution < 1.29 is 9.18 Å². The van der Waals surface area contributed by atoms with Crippen LogP contribution in [0.1, 0.15) is 23.5 Å². The Morgan fingerprint density at radius 3 is 2.78 bits per heavy atom. The molecule has 4 N–H and O–H groups in total. The number of carbonyl (C=O) groups is 1. The number of halogens is 1. The van der Waals surface area contributed by atoms with E-state index in [-0.39, 0.29) is 11.6 Å². The van der Waals surface area contributed by atoms with Crippen molar-refractivity contribution >= 4 is 23.1 Å². The summed E-state index contributed by atoms with van der Waals surface area (Å²) in [4.78, 5) is 28.3. The van der Waals surface area contributed by atoms with Crippen LogP contribution >= 0.6 is 0 Å². The molecular weight excluding hydrogens is 409 g/mol. The number of hydrogen-bond donors (Lipinski definition) is 3. The van der Waals surface area contributed by atoms with Crippen molar-refractivity contribution in [3.05, 3.63) is 54.4 Å². The average molecular weight is 438 g/mol. The molecule has 8 nitrogen and oxygen atoms in total. The Hall–Kier alpha value is -3.46. The lowest BCUT2D eigenvalue weighted by molar-refractivity contribution is 0.101. The van der Waals surface area contributed by atoms with Crippen LogP contribution in [0.25, 0.3) is 11.3 Å². The minimum Gasteiger partial charge on any atom is -0.367 e. The molecule has 1 amide bonds. The lowest BCUT2D eigenvalue weighted by Crippen LogP contribution is -2.37. The summed E-state index contributed by atoms with van der Waals surface area (Å²) in [5.74, 6) is 0.619. The third kappa shape index (κ3) is 4.57. The Morgan fingerprint density at radius 1 is 1.28 bits per heavy atom. The smallest absolute Gasteiger partial charge is 0.291 e. The molecule has 0 aliphatic carbocycles. The van der Waals surface area contributed by atoms with Gasteiger partial charge in [0.15, 0.2) is 5.82 Å². The molecule has 1 aliphatic rings. The van der Waals surface area contributed by atoms with Gasteiger partial charge in [0.05, 0.1) is 23.3 Å². The van der Waals surface area contributed by atoms with Gasteiger partial charge in [-0.15, -0.1) is 0 Å². The maximum absolute atomic E-state index is 14.7. The third-order valence-corrected chi connectivity index (χ3v) is 5.80. The molecule has 3 heterocycles. The Labute approximate surface area is 186 Å². The number of carbonyl (C=O) groups excluding carboxylic acids is 1. The molecule has 1 aliphatic heterocycles. The van der Waals surface area contributed by atoms with E-state index < -0.39 is 5.91 Å². The molecule has 1 aromatic carbocycles. The second kappa shape index (κ2) is 9.35. The fraction of sp³-hybridized carbons (Fsp3) is 0.348. The highest BCUT2D eigenvalue weighted by atomic mass is 19.1.